The second-order valence-corrected chi connectivity index (χ2v) is 6.78. The molecular formula is C20H22N6O3S. The van der Waals surface area contributed by atoms with Crippen LogP contribution in [0.4, 0.5) is 10.8 Å². The summed E-state index contributed by atoms with van der Waals surface area (Å²) >= 11 is 1.09. The number of amidine groups is 1. The van der Waals surface area contributed by atoms with Crippen LogP contribution in [0, 0.1) is 0 Å². The fourth-order valence-electron chi connectivity index (χ4n) is 2.22. The van der Waals surface area contributed by atoms with Gasteiger partial charge in [0.2, 0.25) is 0 Å². The third-order valence-electron chi connectivity index (χ3n) is 3.65. The Kier molecular flexibility index (Phi) is 8.48. The Hall–Kier alpha value is -3.76. The van der Waals surface area contributed by atoms with E-state index < -0.39 is 5.91 Å². The molecule has 0 aliphatic rings. The minimum atomic E-state index is -0.492. The minimum Gasteiger partial charge on any atom is -0.497 e. The molecule has 0 aliphatic heterocycles. The van der Waals surface area contributed by atoms with Gasteiger partial charge >= 0.3 is 0 Å². The van der Waals surface area contributed by atoms with Crippen molar-refractivity contribution in [2.75, 3.05) is 25.3 Å². The number of aromatic nitrogens is 1. The number of hydrazine groups is 1. The van der Waals surface area contributed by atoms with Gasteiger partial charge in [-0.3, -0.25) is 9.59 Å². The molecule has 3 rings (SSSR count). The van der Waals surface area contributed by atoms with Gasteiger partial charge in [0.15, 0.2) is 6.29 Å². The quantitative estimate of drug-likeness (QED) is 0.203. The average molecular weight is 427 g/mol. The third-order valence-corrected chi connectivity index (χ3v) is 4.54. The Labute approximate surface area is 177 Å². The van der Waals surface area contributed by atoms with Crippen LogP contribution < -0.4 is 27.1 Å². The van der Waals surface area contributed by atoms with Gasteiger partial charge in [-0.15, -0.1) is 11.3 Å². The maximum Gasteiger partial charge on any atom is 0.278 e. The van der Waals surface area contributed by atoms with E-state index in [4.69, 9.17) is 16.2 Å². The van der Waals surface area contributed by atoms with Gasteiger partial charge in [0.05, 0.1) is 22.6 Å². The first-order chi connectivity index (χ1) is 14.5. The highest BCUT2D eigenvalue weighted by Gasteiger charge is 2.12. The lowest BCUT2D eigenvalue weighted by Crippen LogP contribution is -2.16. The number of hydrogen-bond acceptors (Lipinski definition) is 8. The minimum absolute atomic E-state index is 0.0160. The molecule has 2 heterocycles. The first-order valence-corrected chi connectivity index (χ1v) is 9.51. The maximum atomic E-state index is 12.0. The van der Waals surface area contributed by atoms with Gasteiger partial charge < -0.3 is 21.6 Å². The summed E-state index contributed by atoms with van der Waals surface area (Å²) < 4.78 is 5.01. The number of pyridine rings is 1. The van der Waals surface area contributed by atoms with E-state index in [0.29, 0.717) is 33.0 Å². The van der Waals surface area contributed by atoms with Crippen LogP contribution in [0.25, 0.3) is 0 Å². The molecule has 10 heteroatoms. The van der Waals surface area contributed by atoms with Gasteiger partial charge in [-0.2, -0.15) is 4.99 Å². The van der Waals surface area contributed by atoms with E-state index in [2.05, 4.69) is 20.8 Å². The van der Waals surface area contributed by atoms with Crippen LogP contribution >= 0.6 is 11.3 Å². The lowest BCUT2D eigenvalue weighted by molar-refractivity contribution is 0.100. The molecule has 0 unspecified atom stereocenters. The summed E-state index contributed by atoms with van der Waals surface area (Å²) in [5, 5.41) is 0.348. The molecule has 156 valence electrons. The SMILES string of the molecule is CNNc1ccccn1.COc1ccc(C(=O)N=C(N)c2cc(C=O)sc2N)cc1. The summed E-state index contributed by atoms with van der Waals surface area (Å²) in [4.78, 5) is 30.9. The number of nitrogens with one attached hydrogen (secondary N) is 2. The molecular weight excluding hydrogens is 404 g/mol. The van der Waals surface area contributed by atoms with Gasteiger partial charge in [0.25, 0.3) is 5.91 Å². The van der Waals surface area contributed by atoms with Crippen LogP contribution in [0.1, 0.15) is 25.6 Å². The Bertz CT molecular complexity index is 1000. The molecule has 0 radical (unpaired) electrons. The highest BCUT2D eigenvalue weighted by molar-refractivity contribution is 7.17. The zero-order valence-electron chi connectivity index (χ0n) is 16.5. The van der Waals surface area contributed by atoms with Gasteiger partial charge in [0.1, 0.15) is 17.4 Å². The molecule has 30 heavy (non-hydrogen) atoms. The molecule has 0 fully saturated rings. The smallest absolute Gasteiger partial charge is 0.278 e. The molecule has 0 saturated carbocycles. The number of benzene rings is 1. The number of anilines is 2. The first kappa shape index (κ1) is 22.5. The Morgan fingerprint density at radius 1 is 1.23 bits per heavy atom. The van der Waals surface area contributed by atoms with Gasteiger partial charge in [-0.05, 0) is 42.5 Å². The van der Waals surface area contributed by atoms with Crippen molar-refractivity contribution < 1.29 is 14.3 Å². The van der Waals surface area contributed by atoms with Crippen molar-refractivity contribution in [1.82, 2.24) is 10.4 Å². The number of aliphatic imine (C=N–C) groups is 1. The predicted molar refractivity (Wildman–Crippen MR) is 119 cm³/mol. The topological polar surface area (TPSA) is 145 Å². The largest absolute Gasteiger partial charge is 0.497 e. The number of carbonyl (C=O) groups excluding carboxylic acids is 2. The van der Waals surface area contributed by atoms with E-state index >= 15 is 0 Å². The Balaban J connectivity index is 0.000000297. The third kappa shape index (κ3) is 6.40. The van der Waals surface area contributed by atoms with Gasteiger partial charge in [0, 0.05) is 18.8 Å². The highest BCUT2D eigenvalue weighted by atomic mass is 32.1. The van der Waals surface area contributed by atoms with Gasteiger partial charge in [-0.1, -0.05) is 6.07 Å². The van der Waals surface area contributed by atoms with Crippen LogP contribution in [-0.4, -0.2) is 37.2 Å². The van der Waals surface area contributed by atoms with Crippen molar-refractivity contribution in [3.05, 3.63) is 70.7 Å². The van der Waals surface area contributed by atoms with Crippen LogP contribution in [-0.2, 0) is 0 Å². The number of aldehydes is 1. The number of ether oxygens (including phenoxy) is 1. The first-order valence-electron chi connectivity index (χ1n) is 8.69. The summed E-state index contributed by atoms with van der Waals surface area (Å²) in [5.41, 5.74) is 17.9. The molecule has 3 aromatic rings. The van der Waals surface area contributed by atoms with Crippen molar-refractivity contribution in [3.63, 3.8) is 0 Å². The molecule has 0 bridgehead atoms. The van der Waals surface area contributed by atoms with Crippen LogP contribution in [0.2, 0.25) is 0 Å². The van der Waals surface area contributed by atoms with E-state index in [9.17, 15) is 9.59 Å². The molecule has 9 nitrogen and oxygen atoms in total. The van der Waals surface area contributed by atoms with E-state index in [1.807, 2.05) is 18.2 Å². The number of nitrogen functional groups attached to an aromatic ring is 1. The summed E-state index contributed by atoms with van der Waals surface area (Å²) in [6.45, 7) is 0. The molecule has 0 saturated heterocycles. The monoisotopic (exact) mass is 426 g/mol. The highest BCUT2D eigenvalue weighted by Crippen LogP contribution is 2.23. The Morgan fingerprint density at radius 3 is 2.50 bits per heavy atom. The molecule has 0 aliphatic carbocycles. The van der Waals surface area contributed by atoms with Crippen LogP contribution in [0.15, 0.2) is 59.7 Å². The number of hydrogen-bond donors (Lipinski definition) is 4. The summed E-state index contributed by atoms with van der Waals surface area (Å²) in [6.07, 6.45) is 2.41. The lowest BCUT2D eigenvalue weighted by Gasteiger charge is -2.01. The van der Waals surface area contributed by atoms with E-state index in [-0.39, 0.29) is 5.84 Å². The standard InChI is InChI=1S/C14H13N3O3S.C6H9N3/c1-20-9-4-2-8(3-5-9)14(19)17-12(15)11-6-10(7-18)21-13(11)16;1-7-9-6-4-2-3-5-8-6/h2-7H,16H2,1H3,(H2,15,17,19);2-5,7H,1H3,(H,8,9). The average Bonchev–Trinajstić information content (AvgIpc) is 3.16. The number of thiophene rings is 1. The number of nitrogens with two attached hydrogens (primary N) is 2. The van der Waals surface area contributed by atoms with Crippen molar-refractivity contribution in [3.8, 4) is 5.75 Å². The normalized spacial score (nSPS) is 10.5. The summed E-state index contributed by atoms with van der Waals surface area (Å²) in [7, 11) is 3.34. The molecule has 6 N–H and O–H groups in total. The zero-order valence-corrected chi connectivity index (χ0v) is 17.3. The fourth-order valence-corrected chi connectivity index (χ4v) is 2.97. The maximum absolute atomic E-state index is 12.0. The van der Waals surface area contributed by atoms with Crippen LogP contribution in [0.5, 0.6) is 5.75 Å². The summed E-state index contributed by atoms with van der Waals surface area (Å²) in [6, 6.07) is 13.7. The van der Waals surface area contributed by atoms with Crippen molar-refractivity contribution in [2.45, 2.75) is 0 Å². The van der Waals surface area contributed by atoms with E-state index in [1.54, 1.807) is 37.5 Å². The van der Waals surface area contributed by atoms with E-state index in [1.165, 1.54) is 13.2 Å². The zero-order chi connectivity index (χ0) is 21.9. The van der Waals surface area contributed by atoms with Crippen molar-refractivity contribution >= 4 is 40.2 Å². The number of amides is 1. The van der Waals surface area contributed by atoms with Gasteiger partial charge in [-0.25, -0.2) is 10.4 Å². The summed E-state index contributed by atoms with van der Waals surface area (Å²) in [5.74, 6) is 0.965. The van der Waals surface area contributed by atoms with Crippen LogP contribution in [0.3, 0.4) is 0 Å². The second kappa shape index (κ2) is 11.3. The van der Waals surface area contributed by atoms with E-state index in [0.717, 1.165) is 17.2 Å². The van der Waals surface area contributed by atoms with Crippen molar-refractivity contribution in [2.24, 2.45) is 10.7 Å². The van der Waals surface area contributed by atoms with Crippen molar-refractivity contribution in [1.29, 1.82) is 0 Å². The second-order valence-electron chi connectivity index (χ2n) is 5.67. The molecule has 1 aromatic carbocycles. The Morgan fingerprint density at radius 2 is 1.97 bits per heavy atom. The molecule has 2 aromatic heterocycles. The number of rotatable bonds is 6. The predicted octanol–water partition coefficient (Wildman–Crippen LogP) is 2.33. The molecule has 1 amide bonds. The fraction of sp³-hybridized carbons (Fsp3) is 0.100. The molecule has 0 spiro atoms. The lowest BCUT2D eigenvalue weighted by atomic mass is 10.2. The number of nitrogens with zero attached hydrogens (tertiary/aromatic N) is 2. The number of methoxy groups -OCH3 is 1. The number of carbonyl (C=O) groups is 2. The molecule has 0 atom stereocenters.